The van der Waals surface area contributed by atoms with Crippen molar-refractivity contribution >= 4 is 22.7 Å². The topological polar surface area (TPSA) is 26.7 Å². The summed E-state index contributed by atoms with van der Waals surface area (Å²) in [5.41, 5.74) is 7.89. The van der Waals surface area contributed by atoms with Crippen molar-refractivity contribution in [2.75, 3.05) is 22.9 Å². The molecule has 3 heteroatoms. The molecule has 0 aromatic heterocycles. The number of rotatable bonds is 2. The van der Waals surface area contributed by atoms with Crippen LogP contribution in [-0.2, 0) is 12.8 Å². The molecule has 0 atom stereocenters. The van der Waals surface area contributed by atoms with Gasteiger partial charge in [0, 0.05) is 41.9 Å². The summed E-state index contributed by atoms with van der Waals surface area (Å²) in [6.45, 7) is 2.05. The predicted molar refractivity (Wildman–Crippen MR) is 112 cm³/mol. The van der Waals surface area contributed by atoms with Crippen LogP contribution in [0.25, 0.3) is 0 Å². The SMILES string of the molecule is Oc1cccc(N2CCCc3c2cccc3N2CCCc3ccccc32)c1. The molecule has 27 heavy (non-hydrogen) atoms. The quantitative estimate of drug-likeness (QED) is 0.651. The van der Waals surface area contributed by atoms with Crippen molar-refractivity contribution in [1.82, 2.24) is 0 Å². The highest BCUT2D eigenvalue weighted by Gasteiger charge is 2.25. The minimum Gasteiger partial charge on any atom is -0.508 e. The van der Waals surface area contributed by atoms with E-state index < -0.39 is 0 Å². The highest BCUT2D eigenvalue weighted by Crippen LogP contribution is 2.42. The molecule has 0 aliphatic carbocycles. The Kier molecular flexibility index (Phi) is 4.01. The molecule has 0 amide bonds. The van der Waals surface area contributed by atoms with Crippen LogP contribution in [-0.4, -0.2) is 18.2 Å². The molecular weight excluding hydrogens is 332 g/mol. The Labute approximate surface area is 160 Å². The van der Waals surface area contributed by atoms with Gasteiger partial charge in [0.15, 0.2) is 0 Å². The lowest BCUT2D eigenvalue weighted by atomic mass is 9.95. The number of aryl methyl sites for hydroxylation is 1. The smallest absolute Gasteiger partial charge is 0.117 e. The molecule has 0 radical (unpaired) electrons. The summed E-state index contributed by atoms with van der Waals surface area (Å²) in [5.74, 6) is 0.320. The van der Waals surface area contributed by atoms with E-state index in [2.05, 4.69) is 58.3 Å². The van der Waals surface area contributed by atoms with Gasteiger partial charge in [-0.1, -0.05) is 30.3 Å². The van der Waals surface area contributed by atoms with Gasteiger partial charge in [-0.25, -0.2) is 0 Å². The Hall–Kier alpha value is -2.94. The predicted octanol–water partition coefficient (Wildman–Crippen LogP) is 5.56. The number of benzene rings is 3. The highest BCUT2D eigenvalue weighted by atomic mass is 16.3. The Morgan fingerprint density at radius 1 is 0.667 bits per heavy atom. The van der Waals surface area contributed by atoms with Crippen LogP contribution in [0.15, 0.2) is 66.7 Å². The van der Waals surface area contributed by atoms with Crippen LogP contribution in [0.4, 0.5) is 22.7 Å². The molecule has 5 rings (SSSR count). The molecule has 0 bridgehead atoms. The van der Waals surface area contributed by atoms with Crippen molar-refractivity contribution < 1.29 is 5.11 Å². The van der Waals surface area contributed by atoms with Gasteiger partial charge in [0.05, 0.1) is 0 Å². The van der Waals surface area contributed by atoms with E-state index in [1.807, 2.05) is 12.1 Å². The van der Waals surface area contributed by atoms with E-state index in [1.54, 1.807) is 6.07 Å². The van der Waals surface area contributed by atoms with E-state index in [9.17, 15) is 5.11 Å². The lowest BCUT2D eigenvalue weighted by molar-refractivity contribution is 0.475. The molecule has 0 fully saturated rings. The van der Waals surface area contributed by atoms with Crippen molar-refractivity contribution in [3.8, 4) is 5.75 Å². The molecule has 3 aromatic rings. The van der Waals surface area contributed by atoms with Gasteiger partial charge in [-0.3, -0.25) is 0 Å². The van der Waals surface area contributed by atoms with E-state index in [-0.39, 0.29) is 0 Å². The van der Waals surface area contributed by atoms with Crippen molar-refractivity contribution in [2.45, 2.75) is 25.7 Å². The van der Waals surface area contributed by atoms with Gasteiger partial charge in [0.2, 0.25) is 0 Å². The fourth-order valence-electron chi connectivity index (χ4n) is 4.57. The number of phenols is 1. The first-order valence-corrected chi connectivity index (χ1v) is 9.85. The molecular formula is C24H24N2O. The molecule has 0 saturated carbocycles. The third kappa shape index (κ3) is 2.84. The number of para-hydroxylation sites is 1. The van der Waals surface area contributed by atoms with Crippen molar-refractivity contribution in [3.05, 3.63) is 77.9 Å². The summed E-state index contributed by atoms with van der Waals surface area (Å²) in [6, 6.07) is 23.1. The summed E-state index contributed by atoms with van der Waals surface area (Å²) in [5, 5.41) is 9.92. The molecule has 3 aromatic carbocycles. The van der Waals surface area contributed by atoms with Crippen molar-refractivity contribution in [1.29, 1.82) is 0 Å². The van der Waals surface area contributed by atoms with Crippen LogP contribution in [0, 0.1) is 0 Å². The van der Waals surface area contributed by atoms with Crippen LogP contribution in [0.1, 0.15) is 24.0 Å². The molecule has 0 saturated heterocycles. The van der Waals surface area contributed by atoms with Crippen LogP contribution in [0.2, 0.25) is 0 Å². The summed E-state index contributed by atoms with van der Waals surface area (Å²) < 4.78 is 0. The Balaban J connectivity index is 1.61. The average molecular weight is 356 g/mol. The average Bonchev–Trinajstić information content (AvgIpc) is 2.72. The molecule has 2 aliphatic rings. The highest BCUT2D eigenvalue weighted by molar-refractivity contribution is 5.79. The third-order valence-electron chi connectivity index (χ3n) is 5.77. The standard InChI is InChI=1S/C24H24N2O/c27-20-10-3-9-19(17-20)25-15-6-11-21-23(25)13-4-14-24(21)26-16-5-8-18-7-1-2-12-22(18)26/h1-4,7,9-10,12-14,17,27H,5-6,8,11,15-16H2. The monoisotopic (exact) mass is 356 g/mol. The third-order valence-corrected chi connectivity index (χ3v) is 5.77. The van der Waals surface area contributed by atoms with Gasteiger partial charge in [-0.15, -0.1) is 0 Å². The molecule has 1 N–H and O–H groups in total. The zero-order chi connectivity index (χ0) is 18.2. The number of fused-ring (bicyclic) bond motifs is 2. The Morgan fingerprint density at radius 3 is 2.26 bits per heavy atom. The van der Waals surface area contributed by atoms with Crippen LogP contribution in [0.5, 0.6) is 5.75 Å². The number of hydrogen-bond donors (Lipinski definition) is 1. The van der Waals surface area contributed by atoms with E-state index in [4.69, 9.17) is 0 Å². The summed E-state index contributed by atoms with van der Waals surface area (Å²) in [7, 11) is 0. The first-order valence-electron chi connectivity index (χ1n) is 9.85. The number of nitrogens with zero attached hydrogens (tertiary/aromatic N) is 2. The van der Waals surface area contributed by atoms with E-state index >= 15 is 0 Å². The Morgan fingerprint density at radius 2 is 1.37 bits per heavy atom. The molecule has 3 nitrogen and oxygen atoms in total. The summed E-state index contributed by atoms with van der Waals surface area (Å²) in [4.78, 5) is 4.85. The van der Waals surface area contributed by atoms with Gasteiger partial charge in [-0.2, -0.15) is 0 Å². The maximum atomic E-state index is 9.92. The van der Waals surface area contributed by atoms with Gasteiger partial charge in [0.25, 0.3) is 0 Å². The second-order valence-corrected chi connectivity index (χ2v) is 7.43. The molecule has 2 heterocycles. The summed E-state index contributed by atoms with van der Waals surface area (Å²) in [6.07, 6.45) is 4.57. The fraction of sp³-hybridized carbons (Fsp3) is 0.250. The second-order valence-electron chi connectivity index (χ2n) is 7.43. The second kappa shape index (κ2) is 6.66. The van der Waals surface area contributed by atoms with Crippen molar-refractivity contribution in [3.63, 3.8) is 0 Å². The van der Waals surface area contributed by atoms with Gasteiger partial charge in [0.1, 0.15) is 5.75 Å². The minimum atomic E-state index is 0.320. The van der Waals surface area contributed by atoms with Crippen LogP contribution < -0.4 is 9.80 Å². The minimum absolute atomic E-state index is 0.320. The molecule has 136 valence electrons. The summed E-state index contributed by atoms with van der Waals surface area (Å²) >= 11 is 0. The molecule has 0 unspecified atom stereocenters. The first kappa shape index (κ1) is 16.2. The number of phenolic OH excluding ortho intramolecular Hbond substituents is 1. The number of aromatic hydroxyl groups is 1. The zero-order valence-electron chi connectivity index (χ0n) is 15.4. The normalized spacial score (nSPS) is 16.0. The van der Waals surface area contributed by atoms with Crippen LogP contribution >= 0.6 is 0 Å². The first-order chi connectivity index (χ1) is 13.3. The number of anilines is 4. The van der Waals surface area contributed by atoms with Gasteiger partial charge in [-0.05, 0) is 67.1 Å². The molecule has 2 aliphatic heterocycles. The number of hydrogen-bond acceptors (Lipinski definition) is 3. The van der Waals surface area contributed by atoms with E-state index in [1.165, 1.54) is 34.6 Å². The zero-order valence-corrected chi connectivity index (χ0v) is 15.4. The maximum Gasteiger partial charge on any atom is 0.117 e. The van der Waals surface area contributed by atoms with E-state index in [0.29, 0.717) is 5.75 Å². The lowest BCUT2D eigenvalue weighted by Gasteiger charge is -2.37. The van der Waals surface area contributed by atoms with Gasteiger partial charge >= 0.3 is 0 Å². The Bertz CT molecular complexity index is 982. The molecule has 0 spiro atoms. The maximum absolute atomic E-state index is 9.92. The fourth-order valence-corrected chi connectivity index (χ4v) is 4.57. The van der Waals surface area contributed by atoms with Crippen molar-refractivity contribution in [2.24, 2.45) is 0 Å². The van der Waals surface area contributed by atoms with Gasteiger partial charge < -0.3 is 14.9 Å². The largest absolute Gasteiger partial charge is 0.508 e. The van der Waals surface area contributed by atoms with E-state index in [0.717, 1.165) is 38.0 Å². The lowest BCUT2D eigenvalue weighted by Crippen LogP contribution is -2.29. The van der Waals surface area contributed by atoms with Crippen LogP contribution in [0.3, 0.4) is 0 Å².